The van der Waals surface area contributed by atoms with Crippen molar-refractivity contribution in [2.45, 2.75) is 18.8 Å². The largest absolute Gasteiger partial charge is 0.310 e. The van der Waals surface area contributed by atoms with Gasteiger partial charge in [0.25, 0.3) is 0 Å². The van der Waals surface area contributed by atoms with Crippen LogP contribution >= 0.6 is 0 Å². The fraction of sp³-hybridized carbons (Fsp3) is 0.0545. The molecule has 0 aliphatic heterocycles. The van der Waals surface area contributed by atoms with Gasteiger partial charge >= 0.3 is 0 Å². The summed E-state index contributed by atoms with van der Waals surface area (Å²) in [4.78, 5) is 2.43. The molecule has 0 fully saturated rings. The summed E-state index contributed by atoms with van der Waals surface area (Å²) in [6.07, 6.45) is 2.90. The van der Waals surface area contributed by atoms with E-state index in [1.807, 2.05) is 0 Å². The van der Waals surface area contributed by atoms with Gasteiger partial charge in [-0.1, -0.05) is 176 Å². The number of hydrogen-bond donors (Lipinski definition) is 0. The molecule has 0 aromatic heterocycles. The van der Waals surface area contributed by atoms with Crippen molar-refractivity contribution < 1.29 is 0 Å². The molecule has 1 spiro atoms. The summed E-state index contributed by atoms with van der Waals surface area (Å²) in [7, 11) is 0. The molecule has 56 heavy (non-hydrogen) atoms. The van der Waals surface area contributed by atoms with E-state index in [1.165, 1.54) is 77.9 Å². The van der Waals surface area contributed by atoms with Crippen molar-refractivity contribution >= 4 is 22.6 Å². The number of rotatable bonds is 8. The fourth-order valence-corrected chi connectivity index (χ4v) is 9.53. The third kappa shape index (κ3) is 5.23. The Balaban J connectivity index is 1.26. The minimum Gasteiger partial charge on any atom is -0.310 e. The molecule has 0 N–H and O–H groups in total. The molecule has 0 radical (unpaired) electrons. The SMILES string of the molecule is C=CC1=C(C)C2(c3ccccc31)c1cc(N(c3ccccc3)c3ccccc3)c(-c3ccccc3)cc1-c1cccc(Cc3ccc(-c4ccccc4)cc3)c12. The van der Waals surface area contributed by atoms with Gasteiger partial charge in [0, 0.05) is 16.9 Å². The molecule has 2 aliphatic carbocycles. The van der Waals surface area contributed by atoms with Crippen LogP contribution in [0.25, 0.3) is 39.0 Å². The molecule has 266 valence electrons. The Kier molecular flexibility index (Phi) is 8.23. The zero-order valence-corrected chi connectivity index (χ0v) is 31.5. The molecule has 0 amide bonds. The van der Waals surface area contributed by atoms with Crippen molar-refractivity contribution in [2.24, 2.45) is 0 Å². The quantitative estimate of drug-likeness (QED) is 0.151. The first-order valence-electron chi connectivity index (χ1n) is 19.5. The van der Waals surface area contributed by atoms with Crippen LogP contribution in [-0.2, 0) is 11.8 Å². The molecule has 8 aromatic carbocycles. The van der Waals surface area contributed by atoms with Crippen LogP contribution in [0.4, 0.5) is 17.1 Å². The lowest BCUT2D eigenvalue weighted by molar-refractivity contribution is 0.755. The van der Waals surface area contributed by atoms with E-state index in [4.69, 9.17) is 0 Å². The second kappa shape index (κ2) is 13.7. The highest BCUT2D eigenvalue weighted by atomic mass is 15.1. The van der Waals surface area contributed by atoms with Crippen LogP contribution in [0.5, 0.6) is 0 Å². The standard InChI is InChI=1S/C55H41N/c1-3-46-38(2)55(51-30-17-16-28-47(46)51)52-37-53(56(44-24-12-6-13-25-44)45-26-14-7-15-27-45)49(42-21-10-5-11-22-42)36-50(52)48-29-18-23-43(54(48)55)35-39-31-33-41(34-32-39)40-19-8-4-9-20-40/h3-34,36-37H,1,35H2,2H3. The third-order valence-corrected chi connectivity index (χ3v) is 12.0. The molecule has 8 aromatic rings. The van der Waals surface area contributed by atoms with Crippen LogP contribution in [0.2, 0.25) is 0 Å². The van der Waals surface area contributed by atoms with Gasteiger partial charge in [-0.3, -0.25) is 0 Å². The highest BCUT2D eigenvalue weighted by Crippen LogP contribution is 2.64. The monoisotopic (exact) mass is 715 g/mol. The molecule has 1 nitrogen and oxygen atoms in total. The first kappa shape index (κ1) is 33.6. The Bertz CT molecular complexity index is 2720. The maximum Gasteiger partial charge on any atom is 0.0689 e. The Hall–Kier alpha value is -6.96. The number of nitrogens with zero attached hydrogens (tertiary/aromatic N) is 1. The normalized spacial score (nSPS) is 15.0. The summed E-state index contributed by atoms with van der Waals surface area (Å²) < 4.78 is 0. The smallest absolute Gasteiger partial charge is 0.0689 e. The minimum atomic E-state index is -0.506. The van der Waals surface area contributed by atoms with Gasteiger partial charge in [-0.05, 0) is 122 Å². The van der Waals surface area contributed by atoms with Crippen molar-refractivity contribution in [3.8, 4) is 33.4 Å². The average molecular weight is 716 g/mol. The van der Waals surface area contributed by atoms with Crippen LogP contribution in [0.3, 0.4) is 0 Å². The lowest BCUT2D eigenvalue weighted by atomic mass is 9.68. The lowest BCUT2D eigenvalue weighted by Crippen LogP contribution is -2.28. The van der Waals surface area contributed by atoms with Gasteiger partial charge in [-0.2, -0.15) is 0 Å². The van der Waals surface area contributed by atoms with Crippen LogP contribution in [0, 0.1) is 0 Å². The van der Waals surface area contributed by atoms with Crippen LogP contribution in [0.15, 0.2) is 218 Å². The predicted octanol–water partition coefficient (Wildman–Crippen LogP) is 14.4. The Morgan fingerprint density at radius 3 is 1.68 bits per heavy atom. The maximum atomic E-state index is 4.39. The van der Waals surface area contributed by atoms with Crippen molar-refractivity contribution in [1.29, 1.82) is 0 Å². The molecule has 2 aliphatic rings. The van der Waals surface area contributed by atoms with Crippen LogP contribution in [0.1, 0.15) is 40.3 Å². The second-order valence-electron chi connectivity index (χ2n) is 14.9. The van der Waals surface area contributed by atoms with E-state index in [0.717, 1.165) is 23.5 Å². The molecule has 0 saturated carbocycles. The van der Waals surface area contributed by atoms with Crippen LogP contribution < -0.4 is 4.90 Å². The summed E-state index contributed by atoms with van der Waals surface area (Å²) in [5.74, 6) is 0. The van der Waals surface area contributed by atoms with Crippen molar-refractivity contribution in [1.82, 2.24) is 0 Å². The highest BCUT2D eigenvalue weighted by molar-refractivity contribution is 6.01. The van der Waals surface area contributed by atoms with E-state index in [0.29, 0.717) is 0 Å². The number of benzene rings is 8. The molecule has 10 rings (SSSR count). The molecule has 0 heterocycles. The van der Waals surface area contributed by atoms with Gasteiger partial charge in [0.15, 0.2) is 0 Å². The topological polar surface area (TPSA) is 3.24 Å². The zero-order valence-electron chi connectivity index (χ0n) is 31.5. The van der Waals surface area contributed by atoms with Gasteiger partial charge in [-0.15, -0.1) is 0 Å². The summed E-state index contributed by atoms with van der Waals surface area (Å²) in [5.41, 5.74) is 20.8. The van der Waals surface area contributed by atoms with Gasteiger partial charge in [-0.25, -0.2) is 0 Å². The van der Waals surface area contributed by atoms with E-state index in [2.05, 4.69) is 225 Å². The molecular formula is C55H41N. The maximum absolute atomic E-state index is 4.39. The molecule has 1 atom stereocenters. The molecule has 1 heteroatoms. The first-order chi connectivity index (χ1) is 27.7. The zero-order chi connectivity index (χ0) is 37.6. The summed E-state index contributed by atoms with van der Waals surface area (Å²) >= 11 is 0. The average Bonchev–Trinajstić information content (AvgIpc) is 3.70. The minimum absolute atomic E-state index is 0.506. The number of hydrogen-bond acceptors (Lipinski definition) is 1. The number of allylic oxidation sites excluding steroid dienone is 3. The van der Waals surface area contributed by atoms with E-state index in [9.17, 15) is 0 Å². The fourth-order valence-electron chi connectivity index (χ4n) is 9.53. The summed E-state index contributed by atoms with van der Waals surface area (Å²) in [5, 5.41) is 0. The second-order valence-corrected chi connectivity index (χ2v) is 14.9. The Morgan fingerprint density at radius 1 is 0.482 bits per heavy atom. The molecule has 0 saturated heterocycles. The third-order valence-electron chi connectivity index (χ3n) is 12.0. The number of fused-ring (bicyclic) bond motifs is 7. The van der Waals surface area contributed by atoms with Crippen LogP contribution in [-0.4, -0.2) is 0 Å². The van der Waals surface area contributed by atoms with Gasteiger partial charge in [0.1, 0.15) is 0 Å². The molecule has 0 bridgehead atoms. The van der Waals surface area contributed by atoms with Crippen molar-refractivity contribution in [3.05, 3.63) is 252 Å². The highest BCUT2D eigenvalue weighted by Gasteiger charge is 2.52. The van der Waals surface area contributed by atoms with Crippen molar-refractivity contribution in [2.75, 3.05) is 4.90 Å². The van der Waals surface area contributed by atoms with E-state index < -0.39 is 5.41 Å². The van der Waals surface area contributed by atoms with Crippen molar-refractivity contribution in [3.63, 3.8) is 0 Å². The summed E-state index contributed by atoms with van der Waals surface area (Å²) in [6, 6.07) is 73.2. The van der Waals surface area contributed by atoms with Gasteiger partial charge in [0.2, 0.25) is 0 Å². The van der Waals surface area contributed by atoms with E-state index in [-0.39, 0.29) is 0 Å². The summed E-state index contributed by atoms with van der Waals surface area (Å²) in [6.45, 7) is 6.74. The first-order valence-corrected chi connectivity index (χ1v) is 19.5. The van der Waals surface area contributed by atoms with Gasteiger partial charge in [0.05, 0.1) is 11.1 Å². The molecular weight excluding hydrogens is 675 g/mol. The Labute approximate surface area is 330 Å². The number of anilines is 3. The predicted molar refractivity (Wildman–Crippen MR) is 236 cm³/mol. The number of para-hydroxylation sites is 2. The van der Waals surface area contributed by atoms with Gasteiger partial charge < -0.3 is 4.90 Å². The van der Waals surface area contributed by atoms with E-state index in [1.54, 1.807) is 0 Å². The Morgan fingerprint density at radius 2 is 1.04 bits per heavy atom. The lowest BCUT2D eigenvalue weighted by Gasteiger charge is -2.35. The molecule has 1 unspecified atom stereocenters. The van der Waals surface area contributed by atoms with E-state index >= 15 is 0 Å².